The van der Waals surface area contributed by atoms with Crippen LogP contribution in [0.4, 0.5) is 23.3 Å². The van der Waals surface area contributed by atoms with E-state index in [1.165, 1.54) is 60.2 Å². The number of benzene rings is 4. The van der Waals surface area contributed by atoms with Crippen molar-refractivity contribution in [2.45, 2.75) is 52.1 Å². The molecule has 0 bridgehead atoms. The first kappa shape index (κ1) is 44.1. The summed E-state index contributed by atoms with van der Waals surface area (Å²) in [5.74, 6) is 4.86. The highest BCUT2D eigenvalue weighted by Crippen LogP contribution is 2.43. The molecule has 18 heteroatoms. The molecule has 65 heavy (non-hydrogen) atoms. The Morgan fingerprint density at radius 1 is 0.646 bits per heavy atom. The molecule has 1 aliphatic carbocycles. The molecule has 1 fully saturated rings. The van der Waals surface area contributed by atoms with Gasteiger partial charge < -0.3 is 49.7 Å². The lowest BCUT2D eigenvalue weighted by atomic mass is 9.84. The van der Waals surface area contributed by atoms with Crippen molar-refractivity contribution in [3.8, 4) is 34.5 Å². The van der Waals surface area contributed by atoms with Crippen molar-refractivity contribution in [1.82, 2.24) is 19.9 Å². The number of anilines is 2. The van der Waals surface area contributed by atoms with Crippen LogP contribution >= 0.6 is 0 Å². The summed E-state index contributed by atoms with van der Waals surface area (Å²) in [7, 11) is 9.04. The van der Waals surface area contributed by atoms with E-state index in [-0.39, 0.29) is 11.1 Å². The van der Waals surface area contributed by atoms with Gasteiger partial charge in [0.15, 0.2) is 23.0 Å². The minimum atomic E-state index is -0.305. The summed E-state index contributed by atoms with van der Waals surface area (Å²) in [6, 6.07) is 15.5. The minimum absolute atomic E-state index is 0.292. The average Bonchev–Trinajstić information content (AvgIpc) is 3.29. The fourth-order valence-corrected chi connectivity index (χ4v) is 8.69. The van der Waals surface area contributed by atoms with E-state index in [1.54, 1.807) is 19.1 Å². The van der Waals surface area contributed by atoms with Gasteiger partial charge in [0.05, 0.1) is 70.9 Å². The first-order chi connectivity index (χ1) is 31.5. The highest BCUT2D eigenvalue weighted by Gasteiger charge is 2.27. The molecule has 0 unspecified atom stereocenters. The number of aromatic nitrogens is 4. The summed E-state index contributed by atoms with van der Waals surface area (Å²) in [6.45, 7) is 4.36. The van der Waals surface area contributed by atoms with Crippen molar-refractivity contribution >= 4 is 56.7 Å². The monoisotopic (exact) mass is 886 g/mol. The van der Waals surface area contributed by atoms with Crippen LogP contribution in [0.5, 0.6) is 34.5 Å². The number of nitrogens with zero attached hydrogens (tertiary/aromatic N) is 6. The lowest BCUT2D eigenvalue weighted by Crippen LogP contribution is -2.33. The maximum atomic E-state index is 13.1. The number of aliphatic imine (C=N–C) groups is 2. The van der Waals surface area contributed by atoms with Crippen molar-refractivity contribution in [3.05, 3.63) is 91.5 Å². The number of methoxy groups -OCH3 is 6. The molecule has 4 heterocycles. The first-order valence-electron chi connectivity index (χ1n) is 21.3. The number of ether oxygens (including phenoxy) is 6. The maximum Gasteiger partial charge on any atom is 0.264 e. The zero-order chi connectivity index (χ0) is 45.9. The van der Waals surface area contributed by atoms with Crippen LogP contribution in [0.3, 0.4) is 0 Å². The number of rotatable bonds is 11. The van der Waals surface area contributed by atoms with Gasteiger partial charge in [0.1, 0.15) is 16.6 Å². The molecule has 4 aromatic carbocycles. The van der Waals surface area contributed by atoms with Gasteiger partial charge >= 0.3 is 0 Å². The second kappa shape index (κ2) is 18.7. The van der Waals surface area contributed by atoms with Crippen LogP contribution in [0.15, 0.2) is 68.1 Å². The normalized spacial score (nSPS) is 15.1. The Bertz CT molecular complexity index is 2960. The van der Waals surface area contributed by atoms with Crippen molar-refractivity contribution in [2.24, 2.45) is 27.4 Å². The third-order valence-electron chi connectivity index (χ3n) is 12.1. The summed E-state index contributed by atoms with van der Waals surface area (Å²) in [6.07, 6.45) is 5.02. The van der Waals surface area contributed by atoms with Crippen molar-refractivity contribution in [1.29, 1.82) is 0 Å². The Balaban J connectivity index is 0.000000178. The fraction of sp³-hybridized carbons (Fsp3) is 0.362. The lowest BCUT2D eigenvalue weighted by Gasteiger charge is -2.30. The predicted molar refractivity (Wildman–Crippen MR) is 252 cm³/mol. The number of H-pyrrole nitrogens is 2. The van der Waals surface area contributed by atoms with E-state index in [2.05, 4.69) is 32.0 Å². The molecule has 340 valence electrons. The Hall–Kier alpha value is -7.50. The van der Waals surface area contributed by atoms with Gasteiger partial charge in [-0.15, -0.1) is 0 Å². The molecule has 6 N–H and O–H groups in total. The van der Waals surface area contributed by atoms with E-state index in [9.17, 15) is 9.59 Å². The first-order valence-corrected chi connectivity index (χ1v) is 21.3. The second-order valence-corrected chi connectivity index (χ2v) is 15.9. The lowest BCUT2D eigenvalue weighted by molar-refractivity contribution is 0.327. The Morgan fingerprint density at radius 3 is 1.48 bits per heavy atom. The SMILES string of the molecule is COc1cc2nc(N3CCc4c(cccc4N=C(C)N)C3)[nH]c(=O)c2c(OC)c1OC.COc1cc2nc(N3CCc4c(cccc4N=C(N)C4CCC4)C3)[nH]c(=O)c2c(OC)c1OC. The highest BCUT2D eigenvalue weighted by molar-refractivity contribution is 5.92. The third-order valence-corrected chi connectivity index (χ3v) is 12.1. The fourth-order valence-electron chi connectivity index (χ4n) is 8.69. The van der Waals surface area contributed by atoms with Gasteiger partial charge in [-0.2, -0.15) is 0 Å². The maximum absolute atomic E-state index is 13.1. The standard InChI is InChI=1S/C25H29N5O4.C22H25N5O4/c1-32-19-12-18-20(22(34-3)21(19)33-2)24(31)29-25(28-18)30-11-10-16-15(13-30)8-5-9-17(16)27-23(26)14-6-4-7-14;1-12(23)24-15-7-5-6-13-11-27(9-8-14(13)15)22-25-16-10-17(29-2)19(30-3)20(31-4)18(16)21(28)26-22/h5,8-9,12,14H,4,6-7,10-11,13H2,1-3H3,(H2,26,27)(H,28,29,31);5-7,10H,8-9,11H2,1-4H3,(H2,23,24)(H,25,26,28). The van der Waals surface area contributed by atoms with E-state index < -0.39 is 0 Å². The van der Waals surface area contributed by atoms with Crippen molar-refractivity contribution in [2.75, 3.05) is 65.5 Å². The number of nitrogens with two attached hydrogens (primary N) is 2. The van der Waals surface area contributed by atoms with Gasteiger partial charge in [0.25, 0.3) is 11.1 Å². The average molecular weight is 887 g/mol. The molecule has 0 atom stereocenters. The van der Waals surface area contributed by atoms with Crippen LogP contribution in [0.2, 0.25) is 0 Å². The van der Waals surface area contributed by atoms with Crippen LogP contribution < -0.4 is 60.8 Å². The third kappa shape index (κ3) is 8.50. The number of hydrogen-bond donors (Lipinski definition) is 4. The molecule has 0 amide bonds. The van der Waals surface area contributed by atoms with Gasteiger partial charge in [-0.05, 0) is 67.0 Å². The molecule has 2 aromatic heterocycles. The summed E-state index contributed by atoms with van der Waals surface area (Å²) in [4.78, 5) is 54.6. The predicted octanol–water partition coefficient (Wildman–Crippen LogP) is 5.82. The Morgan fingerprint density at radius 2 is 1.09 bits per heavy atom. The van der Waals surface area contributed by atoms with Gasteiger partial charge in [-0.1, -0.05) is 30.7 Å². The van der Waals surface area contributed by atoms with E-state index in [0.717, 1.165) is 54.0 Å². The molecule has 2 aliphatic heterocycles. The van der Waals surface area contributed by atoms with Gasteiger partial charge in [-0.3, -0.25) is 19.6 Å². The molecule has 6 aromatic rings. The zero-order valence-corrected chi connectivity index (χ0v) is 37.7. The van der Waals surface area contributed by atoms with Crippen LogP contribution in [0, 0.1) is 5.92 Å². The van der Waals surface area contributed by atoms with Crippen LogP contribution in [-0.4, -0.2) is 87.4 Å². The summed E-state index contributed by atoms with van der Waals surface area (Å²) in [5, 5.41) is 0.640. The molecule has 18 nitrogen and oxygen atoms in total. The summed E-state index contributed by atoms with van der Waals surface area (Å²) < 4.78 is 32.6. The highest BCUT2D eigenvalue weighted by atomic mass is 16.5. The topological polar surface area (TPSA) is 230 Å². The Labute approximate surface area is 375 Å². The molecule has 0 radical (unpaired) electrons. The van der Waals surface area contributed by atoms with Crippen LogP contribution in [0.25, 0.3) is 21.8 Å². The number of fused-ring (bicyclic) bond motifs is 4. The van der Waals surface area contributed by atoms with Crippen molar-refractivity contribution in [3.63, 3.8) is 0 Å². The number of amidine groups is 2. The van der Waals surface area contributed by atoms with E-state index in [0.29, 0.717) is 106 Å². The molecule has 9 rings (SSSR count). The molecular formula is C47H54N10O8. The quantitative estimate of drug-likeness (QED) is 0.0888. The van der Waals surface area contributed by atoms with E-state index >= 15 is 0 Å². The van der Waals surface area contributed by atoms with E-state index in [4.69, 9.17) is 54.8 Å². The van der Waals surface area contributed by atoms with Crippen LogP contribution in [0.1, 0.15) is 48.4 Å². The molecule has 3 aliphatic rings. The number of hydrogen-bond acceptors (Lipinski definition) is 14. The molecule has 0 spiro atoms. The zero-order valence-electron chi connectivity index (χ0n) is 37.7. The molecule has 0 saturated heterocycles. The van der Waals surface area contributed by atoms with E-state index in [1.807, 2.05) is 29.2 Å². The smallest absolute Gasteiger partial charge is 0.264 e. The molecule has 1 saturated carbocycles. The number of aromatic amines is 2. The second-order valence-electron chi connectivity index (χ2n) is 15.9. The molecular weight excluding hydrogens is 833 g/mol. The summed E-state index contributed by atoms with van der Waals surface area (Å²) >= 11 is 0. The summed E-state index contributed by atoms with van der Waals surface area (Å²) in [5.41, 5.74) is 18.9. The minimum Gasteiger partial charge on any atom is -0.493 e. The van der Waals surface area contributed by atoms with Crippen molar-refractivity contribution < 1.29 is 28.4 Å². The number of nitrogens with one attached hydrogen (secondary N) is 2. The van der Waals surface area contributed by atoms with Gasteiger partial charge in [0, 0.05) is 44.2 Å². The Kier molecular flexibility index (Phi) is 12.7. The van der Waals surface area contributed by atoms with Gasteiger partial charge in [0.2, 0.25) is 23.4 Å². The van der Waals surface area contributed by atoms with Gasteiger partial charge in [-0.25, -0.2) is 20.0 Å². The van der Waals surface area contributed by atoms with Crippen LogP contribution in [-0.2, 0) is 25.9 Å². The largest absolute Gasteiger partial charge is 0.493 e.